The van der Waals surface area contributed by atoms with E-state index in [1.165, 1.54) is 12.1 Å². The zero-order chi connectivity index (χ0) is 16.8. The fourth-order valence-corrected chi connectivity index (χ4v) is 3.64. The van der Waals surface area contributed by atoms with Crippen LogP contribution in [0.3, 0.4) is 0 Å². The number of halogens is 2. The second kappa shape index (κ2) is 8.42. The number of hydrogen-bond donors (Lipinski definition) is 1. The van der Waals surface area contributed by atoms with Crippen molar-refractivity contribution < 1.29 is 22.7 Å². The molecular weight excluding hydrogens is 345 g/mol. The molecule has 8 heteroatoms. The minimum Gasteiger partial charge on any atom is -0.468 e. The molecule has 126 valence electrons. The summed E-state index contributed by atoms with van der Waals surface area (Å²) in [6, 6.07) is 3.54. The standard InChI is InChI=1S/C15H17ClFNO4S/c16-12-5-6-15(13(17)9-12)18(23(20)21)14-4-2-1-3-11(14)7-8-22-10-19/h3,5-6,9-10,14H,1-2,4,7-8H2,(H,20,21). The van der Waals surface area contributed by atoms with Gasteiger partial charge in [0.1, 0.15) is 5.82 Å². The van der Waals surface area contributed by atoms with Gasteiger partial charge in [0.2, 0.25) is 0 Å². The van der Waals surface area contributed by atoms with Crippen molar-refractivity contribution in [3.63, 3.8) is 0 Å². The number of carbonyl (C=O) groups is 1. The number of anilines is 1. The highest BCUT2D eigenvalue weighted by molar-refractivity contribution is 7.80. The van der Waals surface area contributed by atoms with E-state index >= 15 is 0 Å². The average Bonchev–Trinajstić information content (AvgIpc) is 2.51. The highest BCUT2D eigenvalue weighted by Crippen LogP contribution is 2.33. The summed E-state index contributed by atoms with van der Waals surface area (Å²) in [7, 11) is 0. The second-order valence-corrected chi connectivity index (χ2v) is 6.39. The Morgan fingerprint density at radius 3 is 2.96 bits per heavy atom. The van der Waals surface area contributed by atoms with Crippen molar-refractivity contribution in [3.8, 4) is 0 Å². The van der Waals surface area contributed by atoms with E-state index in [-0.39, 0.29) is 17.3 Å². The van der Waals surface area contributed by atoms with Crippen molar-refractivity contribution >= 4 is 35.0 Å². The van der Waals surface area contributed by atoms with E-state index in [2.05, 4.69) is 0 Å². The first-order valence-corrected chi connectivity index (χ1v) is 8.58. The van der Waals surface area contributed by atoms with E-state index < -0.39 is 23.1 Å². The Labute approximate surface area is 141 Å². The number of carbonyl (C=O) groups excluding carboxylic acids is 1. The molecule has 1 N–H and O–H groups in total. The maximum absolute atomic E-state index is 14.2. The van der Waals surface area contributed by atoms with Crippen LogP contribution in [-0.4, -0.2) is 27.9 Å². The predicted octanol–water partition coefficient (Wildman–Crippen LogP) is 3.46. The summed E-state index contributed by atoms with van der Waals surface area (Å²) in [6.07, 6.45) is 4.66. The van der Waals surface area contributed by atoms with Crippen molar-refractivity contribution in [1.82, 2.24) is 0 Å². The molecule has 0 radical (unpaired) electrons. The monoisotopic (exact) mass is 361 g/mol. The summed E-state index contributed by atoms with van der Waals surface area (Å²) in [5.41, 5.74) is 0.874. The molecule has 0 heterocycles. The lowest BCUT2D eigenvalue weighted by molar-refractivity contribution is -0.128. The van der Waals surface area contributed by atoms with E-state index in [4.69, 9.17) is 16.3 Å². The second-order valence-electron chi connectivity index (χ2n) is 5.10. The maximum atomic E-state index is 14.2. The largest absolute Gasteiger partial charge is 0.468 e. The van der Waals surface area contributed by atoms with E-state index in [9.17, 15) is 17.9 Å². The normalized spacial score (nSPS) is 18.9. The molecule has 0 saturated heterocycles. The van der Waals surface area contributed by atoms with Crippen LogP contribution in [0.25, 0.3) is 0 Å². The van der Waals surface area contributed by atoms with Crippen LogP contribution in [0.5, 0.6) is 0 Å². The van der Waals surface area contributed by atoms with Gasteiger partial charge in [-0.1, -0.05) is 17.7 Å². The minimum atomic E-state index is -2.40. The molecule has 23 heavy (non-hydrogen) atoms. The van der Waals surface area contributed by atoms with Crippen molar-refractivity contribution in [3.05, 3.63) is 40.7 Å². The molecule has 0 saturated carbocycles. The fourth-order valence-electron chi connectivity index (χ4n) is 2.70. The SMILES string of the molecule is O=COCCC1=CCCCC1N(c1ccc(Cl)cc1F)S(=O)O. The Morgan fingerprint density at radius 2 is 2.30 bits per heavy atom. The first-order valence-electron chi connectivity index (χ1n) is 7.14. The third kappa shape index (κ3) is 4.53. The Morgan fingerprint density at radius 1 is 1.52 bits per heavy atom. The maximum Gasteiger partial charge on any atom is 0.293 e. The molecule has 2 unspecified atom stereocenters. The van der Waals surface area contributed by atoms with Gasteiger partial charge < -0.3 is 4.74 Å². The number of hydrogen-bond acceptors (Lipinski definition) is 3. The Kier molecular flexibility index (Phi) is 6.56. The van der Waals surface area contributed by atoms with Crippen molar-refractivity contribution in [2.45, 2.75) is 31.7 Å². The van der Waals surface area contributed by atoms with Gasteiger partial charge in [-0.3, -0.25) is 13.7 Å². The van der Waals surface area contributed by atoms with Gasteiger partial charge in [0.05, 0.1) is 18.3 Å². The van der Waals surface area contributed by atoms with E-state index in [1.807, 2.05) is 6.08 Å². The molecular formula is C15H17ClFNO4S. The summed E-state index contributed by atoms with van der Waals surface area (Å²) in [6.45, 7) is 0.542. The van der Waals surface area contributed by atoms with Crippen molar-refractivity contribution in [2.24, 2.45) is 0 Å². The number of benzene rings is 1. The first kappa shape index (κ1) is 17.9. The van der Waals surface area contributed by atoms with Crippen LogP contribution in [0, 0.1) is 5.82 Å². The Bertz CT molecular complexity index is 625. The van der Waals surface area contributed by atoms with Crippen LogP contribution < -0.4 is 4.31 Å². The molecule has 1 aromatic rings. The minimum absolute atomic E-state index is 0.0179. The summed E-state index contributed by atoms with van der Waals surface area (Å²) < 4.78 is 41.5. The molecule has 0 aliphatic heterocycles. The molecule has 0 fully saturated rings. The highest BCUT2D eigenvalue weighted by Gasteiger charge is 2.30. The van der Waals surface area contributed by atoms with Crippen molar-refractivity contribution in [1.29, 1.82) is 0 Å². The molecule has 5 nitrogen and oxygen atoms in total. The Hall–Kier alpha value is -1.44. The van der Waals surface area contributed by atoms with Crippen LogP contribution in [0.4, 0.5) is 10.1 Å². The zero-order valence-electron chi connectivity index (χ0n) is 12.3. The molecule has 0 aromatic heterocycles. The van der Waals surface area contributed by atoms with Crippen LogP contribution in [0.2, 0.25) is 5.02 Å². The molecule has 1 aliphatic rings. The summed E-state index contributed by atoms with van der Waals surface area (Å²) in [4.78, 5) is 10.3. The number of ether oxygens (including phenoxy) is 1. The van der Waals surface area contributed by atoms with Gasteiger partial charge >= 0.3 is 0 Å². The highest BCUT2D eigenvalue weighted by atomic mass is 35.5. The van der Waals surface area contributed by atoms with Crippen LogP contribution in [0.1, 0.15) is 25.7 Å². The van der Waals surface area contributed by atoms with Gasteiger partial charge in [-0.15, -0.1) is 0 Å². The van der Waals surface area contributed by atoms with Crippen LogP contribution >= 0.6 is 11.6 Å². The van der Waals surface area contributed by atoms with E-state index in [1.54, 1.807) is 0 Å². The topological polar surface area (TPSA) is 66.8 Å². The van der Waals surface area contributed by atoms with Gasteiger partial charge in [-0.2, -0.15) is 0 Å². The molecule has 0 bridgehead atoms. The molecule has 0 spiro atoms. The number of allylic oxidation sites excluding steroid dienone is 1. The van der Waals surface area contributed by atoms with E-state index in [0.29, 0.717) is 19.3 Å². The summed E-state index contributed by atoms with van der Waals surface area (Å²) in [5.74, 6) is -0.658. The molecule has 2 atom stereocenters. The quantitative estimate of drug-likeness (QED) is 0.349. The van der Waals surface area contributed by atoms with E-state index in [0.717, 1.165) is 28.8 Å². The van der Waals surface area contributed by atoms with Gasteiger partial charge in [0.25, 0.3) is 17.7 Å². The number of nitrogens with zero attached hydrogens (tertiary/aromatic N) is 1. The lowest BCUT2D eigenvalue weighted by atomic mass is 9.91. The lowest BCUT2D eigenvalue weighted by Crippen LogP contribution is -2.40. The average molecular weight is 362 g/mol. The summed E-state index contributed by atoms with van der Waals surface area (Å²) in [5, 5.41) is 0.216. The van der Waals surface area contributed by atoms with Crippen LogP contribution in [-0.2, 0) is 20.8 Å². The van der Waals surface area contributed by atoms with Gasteiger partial charge in [-0.25, -0.2) is 8.60 Å². The smallest absolute Gasteiger partial charge is 0.293 e. The summed E-state index contributed by atoms with van der Waals surface area (Å²) >= 11 is 3.34. The van der Waals surface area contributed by atoms with Gasteiger partial charge in [0, 0.05) is 11.4 Å². The molecule has 0 amide bonds. The van der Waals surface area contributed by atoms with Gasteiger partial charge in [0.15, 0.2) is 0 Å². The third-order valence-corrected chi connectivity index (χ3v) is 4.71. The number of rotatable bonds is 7. The molecule has 1 aromatic carbocycles. The third-order valence-electron chi connectivity index (χ3n) is 3.69. The first-order chi connectivity index (χ1) is 11.0. The lowest BCUT2D eigenvalue weighted by Gasteiger charge is -2.34. The van der Waals surface area contributed by atoms with Gasteiger partial charge in [-0.05, 0) is 43.0 Å². The Balaban J connectivity index is 2.31. The van der Waals surface area contributed by atoms with Crippen LogP contribution in [0.15, 0.2) is 29.8 Å². The molecule has 2 rings (SSSR count). The molecule has 1 aliphatic carbocycles. The predicted molar refractivity (Wildman–Crippen MR) is 87.0 cm³/mol. The fraction of sp³-hybridized carbons (Fsp3) is 0.400. The zero-order valence-corrected chi connectivity index (χ0v) is 13.9. The van der Waals surface area contributed by atoms with Crippen molar-refractivity contribution in [2.75, 3.05) is 10.9 Å².